The van der Waals surface area contributed by atoms with Crippen molar-refractivity contribution in [2.75, 3.05) is 9.80 Å². The van der Waals surface area contributed by atoms with Crippen LogP contribution >= 0.6 is 22.7 Å². The Morgan fingerprint density at radius 2 is 0.496 bits per heavy atom. The molecule has 4 heteroatoms. The van der Waals surface area contributed by atoms with Crippen molar-refractivity contribution >= 4 is 97.1 Å². The third kappa shape index (κ3) is 11.9. The number of hydrogen-bond donors (Lipinski definition) is 0. The molecular weight excluding hydrogens is 1590 g/mol. The summed E-state index contributed by atoms with van der Waals surface area (Å²) in [4.78, 5) is 5.03. The van der Waals surface area contributed by atoms with Crippen LogP contribution in [-0.4, -0.2) is 0 Å². The third-order valence-electron chi connectivity index (χ3n) is 28.0. The van der Waals surface area contributed by atoms with Gasteiger partial charge in [-0.3, -0.25) is 0 Å². The van der Waals surface area contributed by atoms with Gasteiger partial charge in [-0.05, 0) is 241 Å². The summed E-state index contributed by atoms with van der Waals surface area (Å²) >= 11 is 3.77. The van der Waals surface area contributed by atoms with Crippen LogP contribution in [0.25, 0.3) is 140 Å². The fourth-order valence-electron chi connectivity index (χ4n) is 22.2. The Morgan fingerprint density at radius 3 is 0.969 bits per heavy atom. The van der Waals surface area contributed by atoms with Gasteiger partial charge in [0.1, 0.15) is 0 Å². The fourth-order valence-corrected chi connectivity index (χ4v) is 24.6. The van der Waals surface area contributed by atoms with Crippen molar-refractivity contribution in [3.05, 3.63) is 529 Å². The predicted molar refractivity (Wildman–Crippen MR) is 546 cm³/mol. The van der Waals surface area contributed by atoms with E-state index in [1.54, 1.807) is 0 Å². The van der Waals surface area contributed by atoms with E-state index in [0.29, 0.717) is 0 Å². The van der Waals surface area contributed by atoms with Crippen molar-refractivity contribution in [3.63, 3.8) is 0 Å². The molecule has 4 aliphatic rings. The Labute approximate surface area is 760 Å². The first-order valence-electron chi connectivity index (χ1n) is 44.7. The van der Waals surface area contributed by atoms with Gasteiger partial charge in [-0.15, -0.1) is 22.7 Å². The van der Waals surface area contributed by atoms with Gasteiger partial charge in [-0.2, -0.15) is 0 Å². The molecule has 22 aromatic rings. The van der Waals surface area contributed by atoms with Crippen molar-refractivity contribution < 1.29 is 0 Å². The minimum Gasteiger partial charge on any atom is -0.309 e. The zero-order valence-corrected chi connectivity index (χ0v) is 72.9. The summed E-state index contributed by atoms with van der Waals surface area (Å²) in [6.07, 6.45) is 0. The Bertz CT molecular complexity index is 8090. The molecule has 0 radical (unpaired) electrons. The van der Waals surface area contributed by atoms with Crippen LogP contribution in [-0.2, 0) is 16.2 Å². The molecule has 0 amide bonds. The third-order valence-corrected chi connectivity index (χ3v) is 30.5. The van der Waals surface area contributed by atoms with E-state index >= 15 is 0 Å². The molecule has 26 rings (SSSR count). The van der Waals surface area contributed by atoms with E-state index in [9.17, 15) is 0 Å². The van der Waals surface area contributed by atoms with Gasteiger partial charge in [-0.25, -0.2) is 0 Å². The lowest BCUT2D eigenvalue weighted by Gasteiger charge is -2.34. The minimum atomic E-state index is -0.492. The molecule has 1 spiro atoms. The molecule has 4 aliphatic carbocycles. The molecule has 0 aliphatic heterocycles. The number of benzene rings is 20. The van der Waals surface area contributed by atoms with Crippen LogP contribution in [0.4, 0.5) is 34.1 Å². The number of rotatable bonds is 13. The highest BCUT2D eigenvalue weighted by molar-refractivity contribution is 7.27. The number of hydrogen-bond acceptors (Lipinski definition) is 4. The molecule has 0 N–H and O–H groups in total. The smallest absolute Gasteiger partial charge is 0.0725 e. The highest BCUT2D eigenvalue weighted by Crippen LogP contribution is 2.65. The van der Waals surface area contributed by atoms with Crippen molar-refractivity contribution in [2.24, 2.45) is 0 Å². The molecule has 20 aromatic carbocycles. The van der Waals surface area contributed by atoms with Gasteiger partial charge in [0.25, 0.3) is 0 Å². The molecule has 0 fully saturated rings. The van der Waals surface area contributed by atoms with Gasteiger partial charge in [0.2, 0.25) is 0 Å². The topological polar surface area (TPSA) is 6.48 Å². The van der Waals surface area contributed by atoms with Crippen LogP contribution in [0.3, 0.4) is 0 Å². The molecule has 0 bridgehead atoms. The summed E-state index contributed by atoms with van der Waals surface area (Å²) in [6.45, 7) is 4.75. The number of fused-ring (bicyclic) bond motifs is 22. The first kappa shape index (κ1) is 75.9. The van der Waals surface area contributed by atoms with E-state index in [1.165, 1.54) is 202 Å². The van der Waals surface area contributed by atoms with E-state index in [0.717, 1.165) is 28.4 Å². The van der Waals surface area contributed by atoms with E-state index in [-0.39, 0.29) is 5.41 Å². The zero-order valence-electron chi connectivity index (χ0n) is 71.2. The second-order valence-corrected chi connectivity index (χ2v) is 37.3. The molecule has 0 saturated heterocycles. The fraction of sp³-hybridized carbons (Fsp3) is 0.0400. The van der Waals surface area contributed by atoms with Crippen LogP contribution in [0.2, 0.25) is 0 Å². The van der Waals surface area contributed by atoms with Crippen LogP contribution in [0.1, 0.15) is 69.5 Å². The molecule has 129 heavy (non-hydrogen) atoms. The standard InChI is InChI=1S/C64H45NS.C61H39NS/c1-63(2)56-27-15-12-24-50(56)52-37-35-49(41-58(52)63)65(48-33-30-43(31-34-48)42-18-6-3-7-19-42)60-40-45(38-55-54-26-14-17-29-61(54)66-62(55)60)44-32-36-53-51-25-13-16-28-57(51)64(59(53)39-44,46-20-8-4-9-21-46)47-22-10-5-11-23-47;1-3-17-40(18-4-1)41-31-34-45(35-32-41)62(57-29-15-10-21-46(57)42-19-5-2-6-20-42)58-39-44(37-52-51-25-11-16-30-59(51)63-60(52)58)43-33-36-50-49-24-9-14-28-55(49)61(56(50)38-43)53-26-12-7-22-47(53)48-23-8-13-27-54(48)61/h3-41H,1-2H3;1-39H. The molecule has 0 unspecified atom stereocenters. The highest BCUT2D eigenvalue weighted by Gasteiger charge is 2.52. The van der Waals surface area contributed by atoms with Crippen LogP contribution in [0.15, 0.2) is 473 Å². The van der Waals surface area contributed by atoms with E-state index in [4.69, 9.17) is 0 Å². The van der Waals surface area contributed by atoms with Gasteiger partial charge < -0.3 is 9.80 Å². The Morgan fingerprint density at radius 1 is 0.178 bits per heavy atom. The molecule has 2 aromatic heterocycles. The Kier molecular flexibility index (Phi) is 17.9. The van der Waals surface area contributed by atoms with Gasteiger partial charge in [0.05, 0.1) is 37.3 Å². The van der Waals surface area contributed by atoms with Crippen LogP contribution in [0, 0.1) is 0 Å². The lowest BCUT2D eigenvalue weighted by molar-refractivity contribution is 0.660. The average molecular weight is 1680 g/mol. The van der Waals surface area contributed by atoms with Gasteiger partial charge in [0, 0.05) is 59.0 Å². The van der Waals surface area contributed by atoms with E-state index in [1.807, 2.05) is 22.7 Å². The highest BCUT2D eigenvalue weighted by atomic mass is 32.1. The molecule has 2 heterocycles. The zero-order chi connectivity index (χ0) is 85.5. The first-order valence-corrected chi connectivity index (χ1v) is 46.4. The second kappa shape index (κ2) is 30.4. The minimum absolute atomic E-state index is 0.147. The lowest BCUT2D eigenvalue weighted by Crippen LogP contribution is -2.28. The molecular formula is C125H84N2S2. The van der Waals surface area contributed by atoms with Crippen molar-refractivity contribution in [1.29, 1.82) is 0 Å². The number of para-hydroxylation sites is 1. The molecule has 606 valence electrons. The van der Waals surface area contributed by atoms with Crippen molar-refractivity contribution in [3.8, 4) is 100 Å². The number of nitrogens with zero attached hydrogens (tertiary/aromatic N) is 2. The molecule has 2 nitrogen and oxygen atoms in total. The average Bonchev–Trinajstić information content (AvgIpc) is 1.52. The first-order chi connectivity index (χ1) is 63.7. The summed E-state index contributed by atoms with van der Waals surface area (Å²) < 4.78 is 5.10. The summed E-state index contributed by atoms with van der Waals surface area (Å²) in [5.41, 5.74) is 41.6. The summed E-state index contributed by atoms with van der Waals surface area (Å²) in [7, 11) is 0. The van der Waals surface area contributed by atoms with Gasteiger partial charge in [0.15, 0.2) is 0 Å². The van der Waals surface area contributed by atoms with E-state index < -0.39 is 10.8 Å². The lowest BCUT2D eigenvalue weighted by atomic mass is 9.67. The summed E-state index contributed by atoms with van der Waals surface area (Å²) in [5, 5.41) is 5.09. The van der Waals surface area contributed by atoms with Crippen LogP contribution in [0.5, 0.6) is 0 Å². The van der Waals surface area contributed by atoms with E-state index in [2.05, 4.69) is 497 Å². The quantitative estimate of drug-likeness (QED) is 0.114. The molecule has 0 saturated carbocycles. The Hall–Kier alpha value is -15.6. The largest absolute Gasteiger partial charge is 0.309 e. The number of thiophene rings is 2. The monoisotopic (exact) mass is 1680 g/mol. The second-order valence-electron chi connectivity index (χ2n) is 35.2. The Balaban J connectivity index is 0.000000140. The van der Waals surface area contributed by atoms with Gasteiger partial charge >= 0.3 is 0 Å². The maximum Gasteiger partial charge on any atom is 0.0725 e. The maximum absolute atomic E-state index is 2.52. The normalized spacial score (nSPS) is 13.4. The predicted octanol–water partition coefficient (Wildman–Crippen LogP) is 34.4. The SMILES string of the molecule is CC1(C)c2ccccc2-c2ccc(N(c3ccc(-c4ccccc4)cc3)c3cc(-c4ccc5c(c4)C(c4ccccc4)(c4ccccc4)c4ccccc4-5)cc4c3sc3ccccc34)cc21.c1ccc(-c2ccc(N(c3ccccc3-c3ccccc3)c3cc(-c4ccc5c(c4)C4(c6ccccc6-c6ccccc64)c4ccccc4-5)cc4c3sc3ccccc34)cc2)cc1. The maximum atomic E-state index is 2.52. The number of anilines is 6. The van der Waals surface area contributed by atoms with Gasteiger partial charge in [-0.1, -0.05) is 396 Å². The van der Waals surface area contributed by atoms with Crippen LogP contribution < -0.4 is 9.80 Å². The summed E-state index contributed by atoms with van der Waals surface area (Å²) in [5.74, 6) is 0. The van der Waals surface area contributed by atoms with Crippen molar-refractivity contribution in [1.82, 2.24) is 0 Å². The molecule has 0 atom stereocenters. The summed E-state index contributed by atoms with van der Waals surface area (Å²) in [6, 6.07) is 176. The van der Waals surface area contributed by atoms with Crippen molar-refractivity contribution in [2.45, 2.75) is 30.1 Å².